The van der Waals surface area contributed by atoms with Crippen molar-refractivity contribution in [2.24, 2.45) is 0 Å². The van der Waals surface area contributed by atoms with Crippen LogP contribution in [-0.4, -0.2) is 30.6 Å². The van der Waals surface area contributed by atoms with Crippen LogP contribution in [0.2, 0.25) is 0 Å². The van der Waals surface area contributed by atoms with Gasteiger partial charge in [0.2, 0.25) is 11.4 Å². The molecule has 0 amide bonds. The Bertz CT molecular complexity index is 506. The standard InChI is InChI=1S/C15H16O4/c1-3-18-14(17)15(9-11(2)10-19-15)13(16)12-7-5-4-6-8-12/h4-8H,2-3,9-10H2,1H3. The number of ketones is 1. The van der Waals surface area contributed by atoms with Crippen LogP contribution in [0.4, 0.5) is 0 Å². The average molecular weight is 260 g/mol. The molecule has 1 aromatic rings. The van der Waals surface area contributed by atoms with Crippen molar-refractivity contribution in [2.75, 3.05) is 13.2 Å². The van der Waals surface area contributed by atoms with Gasteiger partial charge < -0.3 is 9.47 Å². The summed E-state index contributed by atoms with van der Waals surface area (Å²) in [4.78, 5) is 24.7. The molecule has 0 N–H and O–H groups in total. The van der Waals surface area contributed by atoms with Gasteiger partial charge in [0.1, 0.15) is 0 Å². The maximum atomic E-state index is 12.6. The normalized spacial score (nSPS) is 22.3. The highest BCUT2D eigenvalue weighted by Gasteiger charge is 2.52. The number of benzene rings is 1. The lowest BCUT2D eigenvalue weighted by atomic mass is 9.89. The molecule has 2 rings (SSSR count). The van der Waals surface area contributed by atoms with Gasteiger partial charge in [0.05, 0.1) is 13.2 Å². The van der Waals surface area contributed by atoms with E-state index in [4.69, 9.17) is 9.47 Å². The van der Waals surface area contributed by atoms with Crippen molar-refractivity contribution in [2.45, 2.75) is 18.9 Å². The Morgan fingerprint density at radius 2 is 2.05 bits per heavy atom. The van der Waals surface area contributed by atoms with Gasteiger partial charge in [0.25, 0.3) is 0 Å². The van der Waals surface area contributed by atoms with Crippen LogP contribution in [0.5, 0.6) is 0 Å². The van der Waals surface area contributed by atoms with Gasteiger partial charge in [-0.25, -0.2) is 4.79 Å². The van der Waals surface area contributed by atoms with Crippen molar-refractivity contribution in [1.29, 1.82) is 0 Å². The third kappa shape index (κ3) is 2.44. The minimum atomic E-state index is -1.56. The van der Waals surface area contributed by atoms with Gasteiger partial charge in [0, 0.05) is 12.0 Å². The number of carbonyl (C=O) groups excluding carboxylic acids is 2. The predicted molar refractivity (Wildman–Crippen MR) is 69.8 cm³/mol. The number of hydrogen-bond acceptors (Lipinski definition) is 4. The molecule has 1 unspecified atom stereocenters. The molecule has 0 aromatic heterocycles. The van der Waals surface area contributed by atoms with Crippen molar-refractivity contribution < 1.29 is 19.1 Å². The summed E-state index contributed by atoms with van der Waals surface area (Å²) in [6, 6.07) is 8.62. The molecule has 4 heteroatoms. The quantitative estimate of drug-likeness (QED) is 0.360. The lowest BCUT2D eigenvalue weighted by molar-refractivity contribution is -0.160. The number of Topliss-reactive ketones (excluding diaryl/α,β-unsaturated/α-hetero) is 1. The van der Waals surface area contributed by atoms with Gasteiger partial charge in [-0.05, 0) is 12.5 Å². The van der Waals surface area contributed by atoms with E-state index in [1.54, 1.807) is 31.2 Å². The van der Waals surface area contributed by atoms with Crippen molar-refractivity contribution in [1.82, 2.24) is 0 Å². The maximum Gasteiger partial charge on any atom is 0.347 e. The Hall–Kier alpha value is -1.94. The minimum Gasteiger partial charge on any atom is -0.463 e. The number of rotatable bonds is 4. The van der Waals surface area contributed by atoms with Gasteiger partial charge in [-0.15, -0.1) is 0 Å². The lowest BCUT2D eigenvalue weighted by Gasteiger charge is -2.24. The monoisotopic (exact) mass is 260 g/mol. The first-order chi connectivity index (χ1) is 9.10. The van der Waals surface area contributed by atoms with E-state index in [-0.39, 0.29) is 25.4 Å². The molecule has 1 aromatic carbocycles. The Morgan fingerprint density at radius 1 is 1.37 bits per heavy atom. The van der Waals surface area contributed by atoms with Crippen LogP contribution in [0.1, 0.15) is 23.7 Å². The Morgan fingerprint density at radius 3 is 2.58 bits per heavy atom. The summed E-state index contributed by atoms with van der Waals surface area (Å²) >= 11 is 0. The van der Waals surface area contributed by atoms with E-state index in [0.717, 1.165) is 5.57 Å². The second kappa shape index (κ2) is 5.36. The summed E-state index contributed by atoms with van der Waals surface area (Å²) in [6.45, 7) is 5.89. The van der Waals surface area contributed by atoms with Gasteiger partial charge in [-0.3, -0.25) is 4.79 Å². The average Bonchev–Trinajstić information content (AvgIpc) is 2.83. The second-order valence-corrected chi connectivity index (χ2v) is 4.46. The minimum absolute atomic E-state index is 0.180. The van der Waals surface area contributed by atoms with E-state index in [2.05, 4.69) is 6.58 Å². The maximum absolute atomic E-state index is 12.6. The molecule has 1 fully saturated rings. The van der Waals surface area contributed by atoms with Gasteiger partial charge >= 0.3 is 5.97 Å². The summed E-state index contributed by atoms with van der Waals surface area (Å²) < 4.78 is 10.5. The highest BCUT2D eigenvalue weighted by Crippen LogP contribution is 2.33. The third-order valence-electron chi connectivity index (χ3n) is 3.03. The van der Waals surface area contributed by atoms with Crippen molar-refractivity contribution in [3.63, 3.8) is 0 Å². The molecule has 0 spiro atoms. The van der Waals surface area contributed by atoms with Gasteiger partial charge in [-0.2, -0.15) is 0 Å². The zero-order chi connectivity index (χ0) is 13.9. The molecule has 0 saturated carbocycles. The highest BCUT2D eigenvalue weighted by molar-refractivity contribution is 6.16. The molecule has 1 saturated heterocycles. The second-order valence-electron chi connectivity index (χ2n) is 4.46. The highest BCUT2D eigenvalue weighted by atomic mass is 16.6. The molecule has 4 nitrogen and oxygen atoms in total. The Balaban J connectivity index is 2.36. The Labute approximate surface area is 112 Å². The van der Waals surface area contributed by atoms with Crippen LogP contribution in [0.15, 0.2) is 42.5 Å². The van der Waals surface area contributed by atoms with Crippen LogP contribution in [0.25, 0.3) is 0 Å². The van der Waals surface area contributed by atoms with E-state index >= 15 is 0 Å². The van der Waals surface area contributed by atoms with Crippen LogP contribution >= 0.6 is 0 Å². The molecule has 0 bridgehead atoms. The molecular formula is C15H16O4. The third-order valence-corrected chi connectivity index (χ3v) is 3.03. The molecule has 1 atom stereocenters. The first-order valence-corrected chi connectivity index (χ1v) is 6.18. The fourth-order valence-corrected chi connectivity index (χ4v) is 2.12. The number of ether oxygens (including phenoxy) is 2. The number of hydrogen-bond donors (Lipinski definition) is 0. The summed E-state index contributed by atoms with van der Waals surface area (Å²) in [5.41, 5.74) is -0.406. The zero-order valence-electron chi connectivity index (χ0n) is 10.8. The van der Waals surface area contributed by atoms with Crippen molar-refractivity contribution >= 4 is 11.8 Å². The molecule has 1 aliphatic heterocycles. The molecule has 19 heavy (non-hydrogen) atoms. The van der Waals surface area contributed by atoms with E-state index in [9.17, 15) is 9.59 Å². The molecular weight excluding hydrogens is 244 g/mol. The summed E-state index contributed by atoms with van der Waals surface area (Å²) in [6.07, 6.45) is 0.180. The summed E-state index contributed by atoms with van der Waals surface area (Å²) in [5.74, 6) is -1.01. The molecule has 1 heterocycles. The van der Waals surface area contributed by atoms with E-state index in [1.165, 1.54) is 0 Å². The molecule has 1 aliphatic rings. The topological polar surface area (TPSA) is 52.6 Å². The van der Waals surface area contributed by atoms with Crippen LogP contribution in [-0.2, 0) is 14.3 Å². The van der Waals surface area contributed by atoms with Crippen LogP contribution < -0.4 is 0 Å². The van der Waals surface area contributed by atoms with Crippen molar-refractivity contribution in [3.8, 4) is 0 Å². The van der Waals surface area contributed by atoms with E-state index in [1.807, 2.05) is 6.07 Å². The largest absolute Gasteiger partial charge is 0.463 e. The fraction of sp³-hybridized carbons (Fsp3) is 0.333. The van der Waals surface area contributed by atoms with Crippen molar-refractivity contribution in [3.05, 3.63) is 48.0 Å². The summed E-state index contributed by atoms with van der Waals surface area (Å²) in [5, 5.41) is 0. The molecule has 100 valence electrons. The number of carbonyl (C=O) groups is 2. The molecule has 0 aliphatic carbocycles. The smallest absolute Gasteiger partial charge is 0.347 e. The SMILES string of the molecule is C=C1COC(C(=O)OCC)(C(=O)c2ccccc2)C1. The fourth-order valence-electron chi connectivity index (χ4n) is 2.12. The van der Waals surface area contributed by atoms with Crippen LogP contribution in [0.3, 0.4) is 0 Å². The number of esters is 1. The first-order valence-electron chi connectivity index (χ1n) is 6.18. The Kier molecular flexibility index (Phi) is 3.81. The van der Waals surface area contributed by atoms with Gasteiger partial charge in [0.15, 0.2) is 0 Å². The molecule has 0 radical (unpaired) electrons. The predicted octanol–water partition coefficient (Wildman–Crippen LogP) is 2.15. The lowest BCUT2D eigenvalue weighted by Crippen LogP contribution is -2.47. The zero-order valence-corrected chi connectivity index (χ0v) is 10.8. The van der Waals surface area contributed by atoms with Crippen LogP contribution in [0, 0.1) is 0 Å². The first kappa shape index (κ1) is 13.5. The summed E-state index contributed by atoms with van der Waals surface area (Å²) in [7, 11) is 0. The van der Waals surface area contributed by atoms with Gasteiger partial charge in [-0.1, -0.05) is 36.9 Å². The van der Waals surface area contributed by atoms with E-state index < -0.39 is 11.6 Å². The van der Waals surface area contributed by atoms with E-state index in [0.29, 0.717) is 5.56 Å².